The molecule has 2 aromatic carbocycles. The lowest BCUT2D eigenvalue weighted by molar-refractivity contribution is -0.156. The highest BCUT2D eigenvalue weighted by Gasteiger charge is 2.45. The average Bonchev–Trinajstić information content (AvgIpc) is 3.00. The number of nitrogens with zero attached hydrogens (tertiary/aromatic N) is 1. The van der Waals surface area contributed by atoms with Gasteiger partial charge < -0.3 is 10.2 Å². The average molecular weight is 465 g/mol. The summed E-state index contributed by atoms with van der Waals surface area (Å²) < 4.78 is 72.2. The van der Waals surface area contributed by atoms with Crippen molar-refractivity contribution in [3.8, 4) is 11.1 Å². The van der Waals surface area contributed by atoms with Gasteiger partial charge in [0.2, 0.25) is 6.29 Å². The summed E-state index contributed by atoms with van der Waals surface area (Å²) in [6.45, 7) is 1.45. The number of carbonyl (C=O) groups excluding carboxylic acids is 2. The molecule has 4 rings (SSSR count). The molecule has 2 heterocycles. The minimum atomic E-state index is -4.64. The molecular formula is C20H15ClF6N2O2. The molecule has 1 amide bonds. The van der Waals surface area contributed by atoms with Gasteiger partial charge in [-0.1, -0.05) is 23.7 Å². The lowest BCUT2D eigenvalue weighted by atomic mass is 9.92. The van der Waals surface area contributed by atoms with E-state index in [0.717, 1.165) is 6.07 Å². The first-order chi connectivity index (χ1) is 14.4. The molecule has 1 saturated heterocycles. The quantitative estimate of drug-likeness (QED) is 0.484. The number of aldehydes is 1. The monoisotopic (exact) mass is 464 g/mol. The number of nitrogens with one attached hydrogen (secondary N) is 1. The Morgan fingerprint density at radius 1 is 1.03 bits per heavy atom. The maximum atomic E-state index is 13.6. The molecule has 1 fully saturated rings. The number of halogens is 7. The maximum Gasteiger partial charge on any atom is 0.446 e. The Balaban J connectivity index is 0.000000401. The van der Waals surface area contributed by atoms with Gasteiger partial charge in [-0.3, -0.25) is 9.59 Å². The number of piperazine rings is 1. The van der Waals surface area contributed by atoms with Crippen LogP contribution in [0.4, 0.5) is 26.3 Å². The van der Waals surface area contributed by atoms with E-state index in [4.69, 9.17) is 16.4 Å². The first-order valence-electron chi connectivity index (χ1n) is 8.98. The van der Waals surface area contributed by atoms with Crippen molar-refractivity contribution in [2.45, 2.75) is 18.4 Å². The molecule has 0 saturated carbocycles. The van der Waals surface area contributed by atoms with Gasteiger partial charge in [0, 0.05) is 24.7 Å². The second-order valence-electron chi connectivity index (χ2n) is 6.87. The molecule has 31 heavy (non-hydrogen) atoms. The molecule has 2 aliphatic heterocycles. The standard InChI is InChI=1S/C18H14ClF3N2O.C2HF3O/c19-12-3-1-10(2-4-12)11-7-13-15-9-23-5-6-24(15)17(25)16(13)14(8-11)18(20,21)22;3-2(4,5)1-6/h1-4,7-8,15,23H,5-6,9H2;1H/t15-;/m0./s1. The van der Waals surface area contributed by atoms with Crippen molar-refractivity contribution in [3.63, 3.8) is 0 Å². The van der Waals surface area contributed by atoms with E-state index >= 15 is 0 Å². The Morgan fingerprint density at radius 2 is 1.65 bits per heavy atom. The molecule has 0 spiro atoms. The fraction of sp³-hybridized carbons (Fsp3) is 0.300. The van der Waals surface area contributed by atoms with Crippen LogP contribution in [0.3, 0.4) is 0 Å². The largest absolute Gasteiger partial charge is 0.446 e. The van der Waals surface area contributed by atoms with Gasteiger partial charge in [-0.15, -0.1) is 0 Å². The van der Waals surface area contributed by atoms with Gasteiger partial charge in [0.15, 0.2) is 0 Å². The Morgan fingerprint density at radius 3 is 2.19 bits per heavy atom. The van der Waals surface area contributed by atoms with Gasteiger partial charge in [-0.25, -0.2) is 0 Å². The van der Waals surface area contributed by atoms with Crippen molar-refractivity contribution in [2.24, 2.45) is 0 Å². The minimum Gasteiger partial charge on any atom is -0.329 e. The van der Waals surface area contributed by atoms with Crippen LogP contribution in [0.1, 0.15) is 27.5 Å². The molecular weight excluding hydrogens is 450 g/mol. The topological polar surface area (TPSA) is 49.4 Å². The molecule has 2 aliphatic rings. The zero-order valence-electron chi connectivity index (χ0n) is 15.6. The Hall–Kier alpha value is -2.59. The molecule has 0 aliphatic carbocycles. The van der Waals surface area contributed by atoms with Gasteiger partial charge in [-0.2, -0.15) is 26.3 Å². The molecule has 0 radical (unpaired) electrons. The molecule has 4 nitrogen and oxygen atoms in total. The van der Waals surface area contributed by atoms with Crippen LogP contribution in [0.2, 0.25) is 5.02 Å². The van der Waals surface area contributed by atoms with E-state index in [0.29, 0.717) is 41.3 Å². The summed E-state index contributed by atoms with van der Waals surface area (Å²) >= 11 is 5.87. The Kier molecular flexibility index (Phi) is 6.33. The third-order valence-corrected chi connectivity index (χ3v) is 5.11. The van der Waals surface area contributed by atoms with Crippen LogP contribution in [0.5, 0.6) is 0 Å². The molecule has 0 aromatic heterocycles. The predicted octanol–water partition coefficient (Wildman–Crippen LogP) is 4.87. The number of hydrogen-bond donors (Lipinski definition) is 1. The summed E-state index contributed by atoms with van der Waals surface area (Å²) in [6.07, 6.45) is -10.3. The summed E-state index contributed by atoms with van der Waals surface area (Å²) in [5, 5.41) is 3.66. The third-order valence-electron chi connectivity index (χ3n) is 4.86. The SMILES string of the molecule is O=C1c2c(cc(-c3ccc(Cl)cc3)cc2C(F)(F)F)[C@@H]2CNCCN12.O=CC(F)(F)F. The molecule has 0 unspecified atom stereocenters. The van der Waals surface area contributed by atoms with E-state index in [1.165, 1.54) is 4.90 Å². The van der Waals surface area contributed by atoms with Crippen LogP contribution in [-0.2, 0) is 11.0 Å². The van der Waals surface area contributed by atoms with E-state index in [1.54, 1.807) is 30.3 Å². The van der Waals surface area contributed by atoms with Crippen molar-refractivity contribution in [1.82, 2.24) is 10.2 Å². The molecule has 11 heteroatoms. The van der Waals surface area contributed by atoms with Crippen LogP contribution in [0, 0.1) is 0 Å². The van der Waals surface area contributed by atoms with E-state index < -0.39 is 30.1 Å². The lowest BCUT2D eigenvalue weighted by Crippen LogP contribution is -2.44. The van der Waals surface area contributed by atoms with E-state index in [2.05, 4.69) is 5.32 Å². The molecule has 1 N–H and O–H groups in total. The Labute approximate surface area is 177 Å². The second kappa shape index (κ2) is 8.51. The van der Waals surface area contributed by atoms with E-state index in [-0.39, 0.29) is 11.6 Å². The van der Waals surface area contributed by atoms with Gasteiger partial charge >= 0.3 is 12.4 Å². The molecule has 166 valence electrons. The second-order valence-corrected chi connectivity index (χ2v) is 7.31. The van der Waals surface area contributed by atoms with Crippen LogP contribution in [0.25, 0.3) is 11.1 Å². The van der Waals surface area contributed by atoms with Gasteiger partial charge in [-0.05, 0) is 41.0 Å². The zero-order chi connectivity index (χ0) is 23.0. The first-order valence-corrected chi connectivity index (χ1v) is 9.36. The number of fused-ring (bicyclic) bond motifs is 3. The van der Waals surface area contributed by atoms with Crippen LogP contribution in [0.15, 0.2) is 36.4 Å². The van der Waals surface area contributed by atoms with Crippen molar-refractivity contribution in [3.05, 3.63) is 58.1 Å². The summed E-state index contributed by atoms with van der Waals surface area (Å²) in [6, 6.07) is 9.03. The summed E-state index contributed by atoms with van der Waals surface area (Å²) in [5.74, 6) is -0.531. The highest BCUT2D eigenvalue weighted by Crippen LogP contribution is 2.44. The van der Waals surface area contributed by atoms with Crippen LogP contribution < -0.4 is 5.32 Å². The summed E-state index contributed by atoms with van der Waals surface area (Å²) in [4.78, 5) is 22.8. The minimum absolute atomic E-state index is 0.209. The van der Waals surface area contributed by atoms with Gasteiger partial charge in [0.05, 0.1) is 17.2 Å². The smallest absolute Gasteiger partial charge is 0.329 e. The van der Waals surface area contributed by atoms with E-state index in [1.807, 2.05) is 0 Å². The third kappa shape index (κ3) is 5.01. The van der Waals surface area contributed by atoms with Crippen molar-refractivity contribution < 1.29 is 35.9 Å². The number of rotatable bonds is 1. The van der Waals surface area contributed by atoms with Crippen molar-refractivity contribution >= 4 is 23.8 Å². The fourth-order valence-corrected chi connectivity index (χ4v) is 3.69. The summed E-state index contributed by atoms with van der Waals surface area (Å²) in [5.41, 5.74) is 0.431. The number of amides is 1. The van der Waals surface area contributed by atoms with Crippen molar-refractivity contribution in [1.29, 1.82) is 0 Å². The maximum absolute atomic E-state index is 13.6. The molecule has 1 atom stereocenters. The normalized spacial score (nSPS) is 18.1. The molecule has 2 aromatic rings. The van der Waals surface area contributed by atoms with Crippen LogP contribution in [-0.4, -0.2) is 42.9 Å². The fourth-order valence-electron chi connectivity index (χ4n) is 3.57. The highest BCUT2D eigenvalue weighted by atomic mass is 35.5. The van der Waals surface area contributed by atoms with E-state index in [9.17, 15) is 31.1 Å². The molecule has 0 bridgehead atoms. The Bertz CT molecular complexity index is 989. The van der Waals surface area contributed by atoms with Crippen LogP contribution >= 0.6 is 11.6 Å². The predicted molar refractivity (Wildman–Crippen MR) is 101 cm³/mol. The first kappa shape index (κ1) is 23.1. The van der Waals surface area contributed by atoms with Gasteiger partial charge in [0.1, 0.15) is 0 Å². The number of benzene rings is 2. The number of carbonyl (C=O) groups is 2. The summed E-state index contributed by atoms with van der Waals surface area (Å²) in [7, 11) is 0. The zero-order valence-corrected chi connectivity index (χ0v) is 16.4. The lowest BCUT2D eigenvalue weighted by Gasteiger charge is -2.30. The van der Waals surface area contributed by atoms with Gasteiger partial charge in [0.25, 0.3) is 5.91 Å². The van der Waals surface area contributed by atoms with Crippen molar-refractivity contribution in [2.75, 3.05) is 19.6 Å². The highest BCUT2D eigenvalue weighted by molar-refractivity contribution is 6.30. The number of hydrogen-bond acceptors (Lipinski definition) is 3. The number of alkyl halides is 6.